The van der Waals surface area contributed by atoms with Crippen LogP contribution < -0.4 is 4.74 Å². The van der Waals surface area contributed by atoms with E-state index in [0.29, 0.717) is 44.3 Å². The zero-order chi connectivity index (χ0) is 22.4. The number of carbonyl (C=O) groups excluding carboxylic acids is 2. The number of aryl methyl sites for hydroxylation is 1. The molecular weight excluding hydrogens is 400 g/mol. The summed E-state index contributed by atoms with van der Waals surface area (Å²) in [5.74, 6) is 1.61. The molecule has 2 aromatic rings. The van der Waals surface area contributed by atoms with Crippen molar-refractivity contribution in [2.45, 2.75) is 58.9 Å². The molecule has 1 aromatic carbocycles. The molecule has 2 amide bonds. The van der Waals surface area contributed by atoms with E-state index in [4.69, 9.17) is 14.0 Å². The van der Waals surface area contributed by atoms with Gasteiger partial charge in [0.25, 0.3) is 5.91 Å². The highest BCUT2D eigenvalue weighted by Gasteiger charge is 2.34. The third kappa shape index (κ3) is 5.81. The van der Waals surface area contributed by atoms with Gasteiger partial charge in [-0.2, -0.15) is 4.98 Å². The van der Waals surface area contributed by atoms with Crippen molar-refractivity contribution in [1.82, 2.24) is 19.9 Å². The minimum Gasteiger partial charge on any atom is -0.497 e. The predicted molar refractivity (Wildman–Crippen MR) is 112 cm³/mol. The molecule has 3 rings (SSSR count). The van der Waals surface area contributed by atoms with E-state index in [0.717, 1.165) is 11.3 Å². The van der Waals surface area contributed by atoms with Crippen LogP contribution >= 0.6 is 0 Å². The van der Waals surface area contributed by atoms with Gasteiger partial charge in [-0.3, -0.25) is 9.59 Å². The maximum atomic E-state index is 12.9. The van der Waals surface area contributed by atoms with Gasteiger partial charge in [-0.25, -0.2) is 0 Å². The number of methoxy groups -OCH3 is 1. The minimum absolute atomic E-state index is 0.0792. The number of carbonyl (C=O) groups is 2. The van der Waals surface area contributed by atoms with E-state index in [1.807, 2.05) is 31.2 Å². The summed E-state index contributed by atoms with van der Waals surface area (Å²) in [6, 6.07) is 7.48. The van der Waals surface area contributed by atoms with Gasteiger partial charge in [0.2, 0.25) is 11.8 Å². The van der Waals surface area contributed by atoms with Crippen LogP contribution in [-0.4, -0.2) is 64.1 Å². The van der Waals surface area contributed by atoms with E-state index in [-0.39, 0.29) is 24.4 Å². The van der Waals surface area contributed by atoms with E-state index in [9.17, 15) is 9.59 Å². The Labute approximate surface area is 182 Å². The number of hydrogen-bond acceptors (Lipinski definition) is 7. The molecule has 0 spiro atoms. The first-order chi connectivity index (χ1) is 14.9. The van der Waals surface area contributed by atoms with Crippen LogP contribution in [-0.2, 0) is 33.9 Å². The zero-order valence-corrected chi connectivity index (χ0v) is 18.5. The second-order valence-corrected chi connectivity index (χ2v) is 7.64. The van der Waals surface area contributed by atoms with Crippen LogP contribution in [0, 0.1) is 0 Å². The van der Waals surface area contributed by atoms with Crippen LogP contribution in [0.3, 0.4) is 0 Å². The maximum Gasteiger partial charge on any atom is 0.251 e. The number of aromatic nitrogens is 2. The van der Waals surface area contributed by atoms with Crippen molar-refractivity contribution in [2.24, 2.45) is 0 Å². The maximum absolute atomic E-state index is 12.9. The summed E-state index contributed by atoms with van der Waals surface area (Å²) in [5.41, 5.74) is 0.938. The van der Waals surface area contributed by atoms with Crippen molar-refractivity contribution < 1.29 is 23.6 Å². The fraction of sp³-hybridized carbons (Fsp3) is 0.545. The highest BCUT2D eigenvalue weighted by atomic mass is 16.5. The van der Waals surface area contributed by atoms with E-state index in [2.05, 4.69) is 10.1 Å². The Kier molecular flexibility index (Phi) is 7.62. The SMILES string of the molecule is CCc1nc(CN(C(C)=O)C2CCN(C(=O)C(C)OCc3cccc(OC)c3)C2)no1. The van der Waals surface area contributed by atoms with Gasteiger partial charge in [-0.1, -0.05) is 24.2 Å². The predicted octanol–water partition coefficient (Wildman–Crippen LogP) is 2.20. The van der Waals surface area contributed by atoms with Gasteiger partial charge in [-0.15, -0.1) is 0 Å². The summed E-state index contributed by atoms with van der Waals surface area (Å²) in [4.78, 5) is 32.8. The second-order valence-electron chi connectivity index (χ2n) is 7.64. The molecule has 0 N–H and O–H groups in total. The van der Waals surface area contributed by atoms with Gasteiger partial charge in [0.05, 0.1) is 26.3 Å². The molecule has 9 nitrogen and oxygen atoms in total. The summed E-state index contributed by atoms with van der Waals surface area (Å²) in [5, 5.41) is 3.94. The molecule has 1 saturated heterocycles. The lowest BCUT2D eigenvalue weighted by Gasteiger charge is -2.27. The molecule has 2 atom stereocenters. The number of amides is 2. The highest BCUT2D eigenvalue weighted by Crippen LogP contribution is 2.20. The third-order valence-electron chi connectivity index (χ3n) is 5.43. The Hall–Kier alpha value is -2.94. The molecule has 0 aliphatic carbocycles. The first-order valence-electron chi connectivity index (χ1n) is 10.5. The molecule has 1 aliphatic rings. The Morgan fingerprint density at radius 1 is 1.39 bits per heavy atom. The topological polar surface area (TPSA) is 98.0 Å². The first-order valence-corrected chi connectivity index (χ1v) is 10.5. The van der Waals surface area contributed by atoms with Crippen LogP contribution in [0.1, 0.15) is 44.5 Å². The largest absolute Gasteiger partial charge is 0.497 e. The Balaban J connectivity index is 1.54. The molecule has 0 saturated carbocycles. The van der Waals surface area contributed by atoms with E-state index >= 15 is 0 Å². The van der Waals surface area contributed by atoms with Crippen molar-refractivity contribution in [3.63, 3.8) is 0 Å². The van der Waals surface area contributed by atoms with E-state index in [1.54, 1.807) is 23.8 Å². The number of nitrogens with zero attached hydrogens (tertiary/aromatic N) is 4. The quantitative estimate of drug-likeness (QED) is 0.601. The van der Waals surface area contributed by atoms with Crippen LogP contribution in [0.15, 0.2) is 28.8 Å². The first kappa shape index (κ1) is 22.7. The van der Waals surface area contributed by atoms with Crippen LogP contribution in [0.2, 0.25) is 0 Å². The highest BCUT2D eigenvalue weighted by molar-refractivity contribution is 5.81. The summed E-state index contributed by atoms with van der Waals surface area (Å²) in [6.07, 6.45) is 0.763. The Morgan fingerprint density at radius 2 is 2.19 bits per heavy atom. The number of benzene rings is 1. The molecule has 0 bridgehead atoms. The molecule has 2 heterocycles. The lowest BCUT2D eigenvalue weighted by molar-refractivity contribution is -0.143. The summed E-state index contributed by atoms with van der Waals surface area (Å²) < 4.78 is 16.2. The van der Waals surface area contributed by atoms with Gasteiger partial charge in [0.15, 0.2) is 5.82 Å². The fourth-order valence-electron chi connectivity index (χ4n) is 3.66. The van der Waals surface area contributed by atoms with Crippen molar-refractivity contribution >= 4 is 11.8 Å². The standard InChI is InChI=1S/C22H30N4O5/c1-5-21-23-20(24-31-21)13-26(16(3)27)18-9-10-25(12-18)22(28)15(2)30-14-17-7-6-8-19(11-17)29-4/h6-8,11,15,18H,5,9-10,12-14H2,1-4H3. The molecule has 9 heteroatoms. The Morgan fingerprint density at radius 3 is 2.87 bits per heavy atom. The van der Waals surface area contributed by atoms with Gasteiger partial charge in [0.1, 0.15) is 11.9 Å². The number of rotatable bonds is 9. The Bertz CT molecular complexity index is 900. The van der Waals surface area contributed by atoms with E-state index < -0.39 is 6.10 Å². The molecular formula is C22H30N4O5. The zero-order valence-electron chi connectivity index (χ0n) is 18.5. The van der Waals surface area contributed by atoms with Gasteiger partial charge in [0, 0.05) is 26.4 Å². The molecule has 168 valence electrons. The average Bonchev–Trinajstić information content (AvgIpc) is 3.44. The molecule has 2 unspecified atom stereocenters. The van der Waals surface area contributed by atoms with Crippen molar-refractivity contribution in [2.75, 3.05) is 20.2 Å². The van der Waals surface area contributed by atoms with Gasteiger partial charge < -0.3 is 23.8 Å². The van der Waals surface area contributed by atoms with Crippen LogP contribution in [0.5, 0.6) is 5.75 Å². The summed E-state index contributed by atoms with van der Waals surface area (Å²) >= 11 is 0. The molecule has 1 aromatic heterocycles. The smallest absolute Gasteiger partial charge is 0.251 e. The van der Waals surface area contributed by atoms with Crippen molar-refractivity contribution in [1.29, 1.82) is 0 Å². The van der Waals surface area contributed by atoms with Crippen molar-refractivity contribution in [3.05, 3.63) is 41.5 Å². The van der Waals surface area contributed by atoms with Gasteiger partial charge >= 0.3 is 0 Å². The van der Waals surface area contributed by atoms with Crippen LogP contribution in [0.25, 0.3) is 0 Å². The monoisotopic (exact) mass is 430 g/mol. The van der Waals surface area contributed by atoms with E-state index in [1.165, 1.54) is 6.92 Å². The molecule has 0 radical (unpaired) electrons. The number of hydrogen-bond donors (Lipinski definition) is 0. The fourth-order valence-corrected chi connectivity index (χ4v) is 3.66. The lowest BCUT2D eigenvalue weighted by atomic mass is 10.2. The number of likely N-dealkylation sites (tertiary alicyclic amines) is 1. The minimum atomic E-state index is -0.583. The second kappa shape index (κ2) is 10.4. The average molecular weight is 431 g/mol. The van der Waals surface area contributed by atoms with Crippen LogP contribution in [0.4, 0.5) is 0 Å². The lowest BCUT2D eigenvalue weighted by Crippen LogP contribution is -2.43. The molecule has 31 heavy (non-hydrogen) atoms. The third-order valence-corrected chi connectivity index (χ3v) is 5.43. The van der Waals surface area contributed by atoms with Crippen molar-refractivity contribution in [3.8, 4) is 5.75 Å². The normalized spacial score (nSPS) is 16.9. The van der Waals surface area contributed by atoms with Gasteiger partial charge in [-0.05, 0) is 31.0 Å². The summed E-state index contributed by atoms with van der Waals surface area (Å²) in [6.45, 7) is 6.83. The molecule has 1 fully saturated rings. The molecule has 1 aliphatic heterocycles. The number of ether oxygens (including phenoxy) is 2. The summed E-state index contributed by atoms with van der Waals surface area (Å²) in [7, 11) is 1.61.